The molecular formula is C17H17FOS. The van der Waals surface area contributed by atoms with Gasteiger partial charge in [0.2, 0.25) is 0 Å². The van der Waals surface area contributed by atoms with Gasteiger partial charge in [-0.3, -0.25) is 0 Å². The van der Waals surface area contributed by atoms with Gasteiger partial charge in [0, 0.05) is 9.79 Å². The second-order valence-electron chi connectivity index (χ2n) is 5.24. The molecule has 0 spiro atoms. The van der Waals surface area contributed by atoms with Gasteiger partial charge in [-0.1, -0.05) is 17.8 Å². The van der Waals surface area contributed by atoms with Crippen molar-refractivity contribution in [1.29, 1.82) is 0 Å². The van der Waals surface area contributed by atoms with Gasteiger partial charge in [-0.05, 0) is 73.2 Å². The minimum absolute atomic E-state index is 0.306. The fourth-order valence-electron chi connectivity index (χ4n) is 2.68. The lowest BCUT2D eigenvalue weighted by molar-refractivity contribution is 0.196. The molecule has 0 saturated carbocycles. The van der Waals surface area contributed by atoms with Crippen LogP contribution in [-0.2, 0) is 12.8 Å². The summed E-state index contributed by atoms with van der Waals surface area (Å²) in [5, 5.41) is 9.78. The van der Waals surface area contributed by atoms with Crippen molar-refractivity contribution >= 4 is 11.8 Å². The van der Waals surface area contributed by atoms with Crippen LogP contribution in [0.4, 0.5) is 4.39 Å². The zero-order chi connectivity index (χ0) is 14.1. The van der Waals surface area contributed by atoms with E-state index < -0.39 is 6.10 Å². The van der Waals surface area contributed by atoms with Gasteiger partial charge in [0.25, 0.3) is 0 Å². The summed E-state index contributed by atoms with van der Waals surface area (Å²) < 4.78 is 13.3. The number of halogens is 1. The van der Waals surface area contributed by atoms with Gasteiger partial charge in [0.05, 0.1) is 6.10 Å². The second kappa shape index (κ2) is 5.58. The lowest BCUT2D eigenvalue weighted by Crippen LogP contribution is -1.95. The van der Waals surface area contributed by atoms with Crippen molar-refractivity contribution in [2.45, 2.75) is 42.1 Å². The van der Waals surface area contributed by atoms with E-state index in [1.54, 1.807) is 24.8 Å². The number of aliphatic hydroxyl groups excluding tert-OH is 1. The van der Waals surface area contributed by atoms with Crippen LogP contribution in [-0.4, -0.2) is 5.11 Å². The highest BCUT2D eigenvalue weighted by Gasteiger charge is 2.14. The van der Waals surface area contributed by atoms with Crippen LogP contribution in [0.3, 0.4) is 0 Å². The lowest BCUT2D eigenvalue weighted by Gasteiger charge is -2.12. The van der Waals surface area contributed by atoms with Crippen molar-refractivity contribution in [2.75, 3.05) is 0 Å². The van der Waals surface area contributed by atoms with Crippen LogP contribution in [0.2, 0.25) is 0 Å². The number of hydrogen-bond donors (Lipinski definition) is 1. The molecule has 0 fully saturated rings. The van der Waals surface area contributed by atoms with Gasteiger partial charge in [0.15, 0.2) is 0 Å². The molecule has 1 aliphatic carbocycles. The maximum Gasteiger partial charge on any atom is 0.123 e. The Morgan fingerprint density at radius 3 is 2.70 bits per heavy atom. The zero-order valence-corrected chi connectivity index (χ0v) is 12.2. The van der Waals surface area contributed by atoms with E-state index in [4.69, 9.17) is 0 Å². The average molecular weight is 288 g/mol. The van der Waals surface area contributed by atoms with Gasteiger partial charge < -0.3 is 5.11 Å². The second-order valence-corrected chi connectivity index (χ2v) is 6.36. The molecule has 0 bridgehead atoms. The first kappa shape index (κ1) is 13.7. The molecule has 20 heavy (non-hydrogen) atoms. The Labute approximate surface area is 122 Å². The highest BCUT2D eigenvalue weighted by Crippen LogP contribution is 2.36. The average Bonchev–Trinajstić information content (AvgIpc) is 2.88. The van der Waals surface area contributed by atoms with Crippen molar-refractivity contribution in [3.63, 3.8) is 0 Å². The Morgan fingerprint density at radius 2 is 1.90 bits per heavy atom. The highest BCUT2D eigenvalue weighted by molar-refractivity contribution is 7.99. The molecule has 0 heterocycles. The minimum Gasteiger partial charge on any atom is -0.389 e. The number of benzene rings is 2. The van der Waals surface area contributed by atoms with Crippen molar-refractivity contribution in [1.82, 2.24) is 0 Å². The molecule has 0 radical (unpaired) electrons. The fourth-order valence-corrected chi connectivity index (χ4v) is 3.75. The Kier molecular flexibility index (Phi) is 3.81. The molecule has 2 aromatic rings. The van der Waals surface area contributed by atoms with Crippen LogP contribution < -0.4 is 0 Å². The maximum atomic E-state index is 13.3. The Morgan fingerprint density at radius 1 is 1.10 bits per heavy atom. The van der Waals surface area contributed by atoms with E-state index in [1.807, 2.05) is 0 Å². The number of fused-ring (bicyclic) bond motifs is 1. The highest BCUT2D eigenvalue weighted by atomic mass is 32.2. The van der Waals surface area contributed by atoms with E-state index >= 15 is 0 Å². The predicted octanol–water partition coefficient (Wildman–Crippen LogP) is 4.52. The first-order valence-electron chi connectivity index (χ1n) is 6.90. The van der Waals surface area contributed by atoms with E-state index in [-0.39, 0.29) is 5.82 Å². The summed E-state index contributed by atoms with van der Waals surface area (Å²) in [4.78, 5) is 2.07. The number of aliphatic hydroxyl groups is 1. The third-order valence-corrected chi connectivity index (χ3v) is 4.80. The van der Waals surface area contributed by atoms with E-state index in [9.17, 15) is 9.50 Å². The normalized spacial score (nSPS) is 15.2. The molecule has 1 nitrogen and oxygen atoms in total. The van der Waals surface area contributed by atoms with Crippen molar-refractivity contribution in [3.05, 3.63) is 58.9 Å². The summed E-state index contributed by atoms with van der Waals surface area (Å²) in [7, 11) is 0. The Bertz CT molecular complexity index is 637. The summed E-state index contributed by atoms with van der Waals surface area (Å²) in [6.45, 7) is 1.67. The Balaban J connectivity index is 1.91. The van der Waals surface area contributed by atoms with Gasteiger partial charge in [0.1, 0.15) is 5.82 Å². The zero-order valence-electron chi connectivity index (χ0n) is 11.4. The van der Waals surface area contributed by atoms with Gasteiger partial charge in [-0.25, -0.2) is 4.39 Å². The third-order valence-electron chi connectivity index (χ3n) is 3.72. The number of rotatable bonds is 3. The van der Waals surface area contributed by atoms with E-state index in [1.165, 1.54) is 36.1 Å². The van der Waals surface area contributed by atoms with Crippen LogP contribution in [0.1, 0.15) is 36.1 Å². The maximum absolute atomic E-state index is 13.3. The summed E-state index contributed by atoms with van der Waals surface area (Å²) in [6, 6.07) is 11.1. The number of hydrogen-bond acceptors (Lipinski definition) is 2. The number of aryl methyl sites for hydroxylation is 2. The van der Waals surface area contributed by atoms with Crippen LogP contribution in [0, 0.1) is 5.82 Å². The molecule has 1 aliphatic rings. The molecule has 0 amide bonds. The van der Waals surface area contributed by atoms with Crippen LogP contribution in [0.15, 0.2) is 46.2 Å². The Hall–Kier alpha value is -1.32. The predicted molar refractivity (Wildman–Crippen MR) is 79.6 cm³/mol. The van der Waals surface area contributed by atoms with Gasteiger partial charge >= 0.3 is 0 Å². The molecule has 104 valence electrons. The summed E-state index contributed by atoms with van der Waals surface area (Å²) in [5.74, 6) is -0.306. The largest absolute Gasteiger partial charge is 0.389 e. The van der Waals surface area contributed by atoms with Gasteiger partial charge in [-0.2, -0.15) is 0 Å². The summed E-state index contributed by atoms with van der Waals surface area (Å²) >= 11 is 1.59. The lowest BCUT2D eigenvalue weighted by atomic mass is 10.1. The SMILES string of the molecule is C[C@H](O)c1cc(F)ccc1Sc1ccc2c(c1)CCC2. The quantitative estimate of drug-likeness (QED) is 0.896. The molecule has 0 unspecified atom stereocenters. The van der Waals surface area contributed by atoms with Gasteiger partial charge in [-0.15, -0.1) is 0 Å². The van der Waals surface area contributed by atoms with Crippen LogP contribution >= 0.6 is 11.8 Å². The summed E-state index contributed by atoms with van der Waals surface area (Å²) in [5.41, 5.74) is 3.52. The summed E-state index contributed by atoms with van der Waals surface area (Å²) in [6.07, 6.45) is 2.90. The minimum atomic E-state index is -0.664. The van der Waals surface area contributed by atoms with E-state index in [0.29, 0.717) is 5.56 Å². The van der Waals surface area contributed by atoms with Crippen LogP contribution in [0.5, 0.6) is 0 Å². The third kappa shape index (κ3) is 2.74. The van der Waals surface area contributed by atoms with Crippen molar-refractivity contribution in [3.8, 4) is 0 Å². The van der Waals surface area contributed by atoms with Crippen molar-refractivity contribution < 1.29 is 9.50 Å². The molecule has 1 N–H and O–H groups in total. The van der Waals surface area contributed by atoms with Crippen LogP contribution in [0.25, 0.3) is 0 Å². The molecule has 3 heteroatoms. The molecule has 0 aliphatic heterocycles. The monoisotopic (exact) mass is 288 g/mol. The molecule has 2 aromatic carbocycles. The van der Waals surface area contributed by atoms with Crippen molar-refractivity contribution in [2.24, 2.45) is 0 Å². The molecule has 1 atom stereocenters. The molecule has 0 aromatic heterocycles. The van der Waals surface area contributed by atoms with E-state index in [0.717, 1.165) is 16.2 Å². The van der Waals surface area contributed by atoms with E-state index in [2.05, 4.69) is 18.2 Å². The molecule has 3 rings (SSSR count). The molecule has 0 saturated heterocycles. The topological polar surface area (TPSA) is 20.2 Å². The standard InChI is InChI=1S/C17H17FOS/c1-11(19)16-10-14(18)6-8-17(16)20-15-7-5-12-3-2-4-13(12)9-15/h5-11,19H,2-4H2,1H3/t11-/m0/s1. The fraction of sp³-hybridized carbons (Fsp3) is 0.294. The first-order valence-corrected chi connectivity index (χ1v) is 7.72. The first-order chi connectivity index (χ1) is 9.63. The molecular weight excluding hydrogens is 271 g/mol. The smallest absolute Gasteiger partial charge is 0.123 e.